The number of benzene rings is 1. The van der Waals surface area contributed by atoms with Crippen LogP contribution in [0.15, 0.2) is 28.7 Å². The van der Waals surface area contributed by atoms with E-state index in [9.17, 15) is 14.7 Å². The van der Waals surface area contributed by atoms with Gasteiger partial charge in [-0.25, -0.2) is 0 Å². The van der Waals surface area contributed by atoms with Crippen LogP contribution in [0, 0.1) is 22.7 Å². The topological polar surface area (TPSA) is 106 Å². The number of nitrogens with two attached hydrogens (primary N) is 2. The summed E-state index contributed by atoms with van der Waals surface area (Å²) < 4.78 is 0.908. The zero-order valence-electron chi connectivity index (χ0n) is 14.7. The number of aliphatic hydroxyl groups is 1. The molecule has 0 unspecified atom stereocenters. The number of hydrogen-bond donors (Lipinski definition) is 3. The van der Waals surface area contributed by atoms with Crippen molar-refractivity contribution in [2.45, 2.75) is 43.9 Å². The van der Waals surface area contributed by atoms with Gasteiger partial charge in [0.15, 0.2) is 0 Å². The molecule has 140 valence electrons. The number of halogens is 1. The standard InChI is InChI=1S/C20H25BrN2O3/c21-13-4-2-12(3-5-13)20(17(23)26)15-7-6-14(18(15)9-10-18)19(20,16(22)25)8-1-11-24/h2-5,14-15,24H,1,6-11H2,(H2,22,25)(H2,23,26)/t14-,15+,19+,20-/m1/s1. The SMILES string of the molecule is NC(=O)[C@]1(CCCO)[C@@H]2CC[C@@H](C23CC3)[C@@]1(C(N)=O)c1ccc(Br)cc1. The molecule has 0 saturated heterocycles. The van der Waals surface area contributed by atoms with Gasteiger partial charge in [0.2, 0.25) is 11.8 Å². The van der Waals surface area contributed by atoms with E-state index in [0.29, 0.717) is 12.8 Å². The Bertz CT molecular complexity index is 761. The van der Waals surface area contributed by atoms with E-state index in [1.807, 2.05) is 24.3 Å². The van der Waals surface area contributed by atoms with Gasteiger partial charge in [-0.2, -0.15) is 0 Å². The molecule has 3 fully saturated rings. The molecule has 0 aromatic heterocycles. The van der Waals surface area contributed by atoms with E-state index in [2.05, 4.69) is 15.9 Å². The molecule has 6 heteroatoms. The highest BCUT2D eigenvalue weighted by Gasteiger charge is 2.83. The number of carbonyl (C=O) groups is 2. The Labute approximate surface area is 161 Å². The lowest BCUT2D eigenvalue weighted by atomic mass is 9.51. The second kappa shape index (κ2) is 5.80. The van der Waals surface area contributed by atoms with Gasteiger partial charge in [0.25, 0.3) is 0 Å². The van der Waals surface area contributed by atoms with Gasteiger partial charge in [-0.05, 0) is 73.5 Å². The molecule has 1 spiro atoms. The molecule has 2 bridgehead atoms. The summed E-state index contributed by atoms with van der Waals surface area (Å²) in [5.74, 6) is -0.772. The Morgan fingerprint density at radius 2 is 1.69 bits per heavy atom. The van der Waals surface area contributed by atoms with Crippen LogP contribution in [-0.2, 0) is 15.0 Å². The molecular formula is C20H25BrN2O3. The Kier molecular flexibility index (Phi) is 4.01. The maximum atomic E-state index is 13.1. The number of amides is 2. The van der Waals surface area contributed by atoms with Crippen LogP contribution in [0.2, 0.25) is 0 Å². The zero-order valence-corrected chi connectivity index (χ0v) is 16.3. The Morgan fingerprint density at radius 1 is 1.08 bits per heavy atom. The van der Waals surface area contributed by atoms with Crippen LogP contribution in [0.1, 0.15) is 44.1 Å². The second-order valence-corrected chi connectivity index (χ2v) is 9.17. The van der Waals surface area contributed by atoms with Crippen LogP contribution in [0.4, 0.5) is 0 Å². The van der Waals surface area contributed by atoms with Crippen molar-refractivity contribution < 1.29 is 14.7 Å². The number of hydrogen-bond acceptors (Lipinski definition) is 3. The molecule has 0 aliphatic heterocycles. The van der Waals surface area contributed by atoms with Crippen LogP contribution >= 0.6 is 15.9 Å². The Hall–Kier alpha value is -1.40. The molecule has 26 heavy (non-hydrogen) atoms. The summed E-state index contributed by atoms with van der Waals surface area (Å²) in [6.45, 7) is -0.0331. The molecule has 4 atom stereocenters. The molecule has 3 aliphatic rings. The number of primary amides is 2. The minimum Gasteiger partial charge on any atom is -0.396 e. The fraction of sp³-hybridized carbons (Fsp3) is 0.600. The van der Waals surface area contributed by atoms with Crippen molar-refractivity contribution in [2.24, 2.45) is 34.1 Å². The van der Waals surface area contributed by atoms with E-state index in [4.69, 9.17) is 11.5 Å². The van der Waals surface area contributed by atoms with E-state index >= 15 is 0 Å². The van der Waals surface area contributed by atoms with E-state index in [-0.39, 0.29) is 23.9 Å². The highest BCUT2D eigenvalue weighted by molar-refractivity contribution is 9.10. The first-order valence-electron chi connectivity index (χ1n) is 9.34. The summed E-state index contributed by atoms with van der Waals surface area (Å²) in [6.07, 6.45) is 4.71. The Morgan fingerprint density at radius 3 is 2.19 bits per heavy atom. The largest absolute Gasteiger partial charge is 0.396 e. The van der Waals surface area contributed by atoms with Gasteiger partial charge in [0.05, 0.1) is 10.8 Å². The van der Waals surface area contributed by atoms with Crippen molar-refractivity contribution in [1.82, 2.24) is 0 Å². The third-order valence-corrected chi connectivity index (χ3v) is 8.17. The predicted octanol–water partition coefficient (Wildman–Crippen LogP) is 2.24. The van der Waals surface area contributed by atoms with Crippen molar-refractivity contribution in [3.8, 4) is 0 Å². The van der Waals surface area contributed by atoms with Crippen molar-refractivity contribution >= 4 is 27.7 Å². The Balaban J connectivity index is 2.01. The third-order valence-electron chi connectivity index (χ3n) is 7.64. The van der Waals surface area contributed by atoms with Crippen LogP contribution in [0.5, 0.6) is 0 Å². The molecule has 2 amide bonds. The quantitative estimate of drug-likeness (QED) is 0.656. The third kappa shape index (κ3) is 1.89. The van der Waals surface area contributed by atoms with Gasteiger partial charge < -0.3 is 16.6 Å². The minimum absolute atomic E-state index is 0.00654. The van der Waals surface area contributed by atoms with Crippen LogP contribution in [-0.4, -0.2) is 23.5 Å². The lowest BCUT2D eigenvalue weighted by molar-refractivity contribution is -0.147. The minimum atomic E-state index is -1.09. The fourth-order valence-corrected chi connectivity index (χ4v) is 7.15. The molecule has 3 saturated carbocycles. The number of aliphatic hydroxyl groups excluding tert-OH is 1. The summed E-state index contributed by atoms with van der Waals surface area (Å²) in [4.78, 5) is 26.2. The van der Waals surface area contributed by atoms with Gasteiger partial charge in [0.1, 0.15) is 0 Å². The average molecular weight is 421 g/mol. The van der Waals surface area contributed by atoms with E-state index < -0.39 is 22.6 Å². The molecule has 4 rings (SSSR count). The summed E-state index contributed by atoms with van der Waals surface area (Å²) >= 11 is 3.44. The van der Waals surface area contributed by atoms with E-state index in [1.54, 1.807) is 0 Å². The molecule has 5 nitrogen and oxygen atoms in total. The van der Waals surface area contributed by atoms with Crippen molar-refractivity contribution in [3.05, 3.63) is 34.3 Å². The maximum absolute atomic E-state index is 13.1. The van der Waals surface area contributed by atoms with Crippen molar-refractivity contribution in [2.75, 3.05) is 6.61 Å². The number of carbonyl (C=O) groups excluding carboxylic acids is 2. The fourth-order valence-electron chi connectivity index (χ4n) is 6.89. The average Bonchev–Trinajstić information content (AvgIpc) is 3.27. The molecule has 5 N–H and O–H groups in total. The van der Waals surface area contributed by atoms with E-state index in [1.165, 1.54) is 0 Å². The van der Waals surface area contributed by atoms with Gasteiger partial charge >= 0.3 is 0 Å². The lowest BCUT2D eigenvalue weighted by Gasteiger charge is -2.50. The lowest BCUT2D eigenvalue weighted by Crippen LogP contribution is -2.63. The van der Waals surface area contributed by atoms with Gasteiger partial charge in [-0.1, -0.05) is 28.1 Å². The second-order valence-electron chi connectivity index (χ2n) is 8.26. The first-order valence-corrected chi connectivity index (χ1v) is 10.1. The summed E-state index contributed by atoms with van der Waals surface area (Å²) in [5.41, 5.74) is 10.8. The molecule has 1 aromatic rings. The highest BCUT2D eigenvalue weighted by atomic mass is 79.9. The number of rotatable bonds is 6. The predicted molar refractivity (Wildman–Crippen MR) is 101 cm³/mol. The monoisotopic (exact) mass is 420 g/mol. The first-order chi connectivity index (χ1) is 12.4. The summed E-state index contributed by atoms with van der Waals surface area (Å²) in [5, 5.41) is 9.48. The van der Waals surface area contributed by atoms with Crippen molar-refractivity contribution in [3.63, 3.8) is 0 Å². The van der Waals surface area contributed by atoms with Gasteiger partial charge in [-0.15, -0.1) is 0 Å². The highest BCUT2D eigenvalue weighted by Crippen LogP contribution is 2.82. The zero-order chi connectivity index (χ0) is 18.7. The summed E-state index contributed by atoms with van der Waals surface area (Å²) in [7, 11) is 0. The first kappa shape index (κ1) is 18.0. The molecule has 0 radical (unpaired) electrons. The van der Waals surface area contributed by atoms with Crippen LogP contribution in [0.25, 0.3) is 0 Å². The molecular weight excluding hydrogens is 396 g/mol. The molecule has 3 aliphatic carbocycles. The molecule has 0 heterocycles. The van der Waals surface area contributed by atoms with Crippen LogP contribution < -0.4 is 11.5 Å². The van der Waals surface area contributed by atoms with Gasteiger partial charge in [0, 0.05) is 11.1 Å². The van der Waals surface area contributed by atoms with Crippen LogP contribution in [0.3, 0.4) is 0 Å². The normalized spacial score (nSPS) is 36.4. The van der Waals surface area contributed by atoms with Crippen molar-refractivity contribution in [1.29, 1.82) is 0 Å². The molecule has 1 aromatic carbocycles. The summed E-state index contributed by atoms with van der Waals surface area (Å²) in [6, 6.07) is 7.59. The smallest absolute Gasteiger partial charge is 0.229 e. The van der Waals surface area contributed by atoms with Gasteiger partial charge in [-0.3, -0.25) is 9.59 Å². The van der Waals surface area contributed by atoms with E-state index in [0.717, 1.165) is 35.7 Å². The maximum Gasteiger partial charge on any atom is 0.229 e.